The second-order valence-electron chi connectivity index (χ2n) is 11.4. The molecule has 0 unspecified atom stereocenters. The van der Waals surface area contributed by atoms with Crippen LogP contribution < -0.4 is 16.4 Å². The van der Waals surface area contributed by atoms with Gasteiger partial charge in [0.2, 0.25) is 0 Å². The first-order chi connectivity index (χ1) is 18.0. The number of hydrogen-bond acceptors (Lipinski definition) is 0. The van der Waals surface area contributed by atoms with Crippen LogP contribution in [0, 0.1) is 27.7 Å². The number of aryl methyl sites for hydroxylation is 4. The summed E-state index contributed by atoms with van der Waals surface area (Å²) < 4.78 is 5.10. The first-order valence-corrected chi connectivity index (χ1v) is 13.2. The highest BCUT2D eigenvalue weighted by Gasteiger charge is 2.40. The van der Waals surface area contributed by atoms with E-state index in [2.05, 4.69) is 116 Å². The standard InChI is InChI=1S/C34H25BN2/c1-18-6-10-28-23(13-18)22-8-12-30-32-34(22)37(28)31-17-20(3)5-9-26(31)35(32)27-16-21(4)15-25-24-14-19(2)7-11-29(24)36(30)33(25)27/h5-17H,1-4H3. The summed E-state index contributed by atoms with van der Waals surface area (Å²) in [6.45, 7) is 9.08. The van der Waals surface area contributed by atoms with Crippen molar-refractivity contribution in [3.63, 3.8) is 0 Å². The predicted octanol–water partition coefficient (Wildman–Crippen LogP) is 6.26. The van der Waals surface area contributed by atoms with Crippen molar-refractivity contribution in [2.24, 2.45) is 0 Å². The molecule has 0 aliphatic carbocycles. The Morgan fingerprint density at radius 2 is 1.08 bits per heavy atom. The number of fused-ring (bicyclic) bond motifs is 11. The lowest BCUT2D eigenvalue weighted by atomic mass is 9.34. The Balaban J connectivity index is 1.60. The molecule has 0 N–H and O–H groups in total. The van der Waals surface area contributed by atoms with E-state index in [0.717, 1.165) is 0 Å². The van der Waals surface area contributed by atoms with Crippen LogP contribution in [0.2, 0.25) is 0 Å². The maximum absolute atomic E-state index is 2.55. The van der Waals surface area contributed by atoms with Crippen LogP contribution in [-0.4, -0.2) is 15.8 Å². The first kappa shape index (κ1) is 19.9. The summed E-state index contributed by atoms with van der Waals surface area (Å²) in [5.74, 6) is 0. The Morgan fingerprint density at radius 3 is 1.84 bits per heavy atom. The third kappa shape index (κ3) is 2.25. The van der Waals surface area contributed by atoms with Crippen molar-refractivity contribution >= 4 is 66.7 Å². The summed E-state index contributed by atoms with van der Waals surface area (Å²) in [5.41, 5.74) is 17.5. The Hall–Kier alpha value is -4.24. The molecule has 0 spiro atoms. The molecule has 0 fully saturated rings. The minimum atomic E-state index is 0.215. The fraction of sp³-hybridized carbons (Fsp3) is 0.118. The predicted molar refractivity (Wildman–Crippen MR) is 159 cm³/mol. The van der Waals surface area contributed by atoms with Gasteiger partial charge in [-0.05, 0) is 92.1 Å². The average Bonchev–Trinajstić information content (AvgIpc) is 3.38. The highest BCUT2D eigenvalue weighted by Crippen LogP contribution is 2.40. The molecule has 2 aliphatic rings. The molecule has 2 nitrogen and oxygen atoms in total. The molecule has 0 atom stereocenters. The van der Waals surface area contributed by atoms with E-state index in [1.54, 1.807) is 0 Å². The Kier molecular flexibility index (Phi) is 3.42. The smallest absolute Gasteiger partial charge is 0.252 e. The molecular weight excluding hydrogens is 447 g/mol. The van der Waals surface area contributed by atoms with Gasteiger partial charge in [-0.2, -0.15) is 0 Å². The fourth-order valence-corrected chi connectivity index (χ4v) is 7.45. The number of nitrogens with zero attached hydrogens (tertiary/aromatic N) is 2. The van der Waals surface area contributed by atoms with E-state index in [0.29, 0.717) is 0 Å². The van der Waals surface area contributed by atoms with E-state index in [-0.39, 0.29) is 6.71 Å². The van der Waals surface area contributed by atoms with Gasteiger partial charge in [-0.25, -0.2) is 0 Å². The quantitative estimate of drug-likeness (QED) is 0.231. The van der Waals surface area contributed by atoms with E-state index in [1.165, 1.54) is 93.6 Å². The Labute approximate surface area is 215 Å². The summed E-state index contributed by atoms with van der Waals surface area (Å²) >= 11 is 0. The van der Waals surface area contributed by atoms with Crippen LogP contribution in [0.3, 0.4) is 0 Å². The third-order valence-corrected chi connectivity index (χ3v) is 8.87. The van der Waals surface area contributed by atoms with Crippen LogP contribution >= 0.6 is 0 Å². The Bertz CT molecular complexity index is 2190. The van der Waals surface area contributed by atoms with Gasteiger partial charge in [0.1, 0.15) is 0 Å². The van der Waals surface area contributed by atoms with Crippen molar-refractivity contribution in [3.8, 4) is 11.4 Å². The maximum Gasteiger partial charge on any atom is 0.252 e. The molecule has 4 heterocycles. The van der Waals surface area contributed by atoms with Gasteiger partial charge in [0.25, 0.3) is 6.71 Å². The van der Waals surface area contributed by atoms with Crippen molar-refractivity contribution in [1.82, 2.24) is 9.13 Å². The van der Waals surface area contributed by atoms with E-state index >= 15 is 0 Å². The van der Waals surface area contributed by atoms with E-state index in [1.807, 2.05) is 0 Å². The second kappa shape index (κ2) is 6.36. The van der Waals surface area contributed by atoms with Crippen LogP contribution in [0.15, 0.2) is 78.9 Å². The molecule has 174 valence electrons. The van der Waals surface area contributed by atoms with E-state index in [9.17, 15) is 0 Å². The number of hydrogen-bond donors (Lipinski definition) is 0. The zero-order valence-corrected chi connectivity index (χ0v) is 21.5. The molecule has 9 rings (SSSR count). The molecule has 3 heteroatoms. The fourth-order valence-electron chi connectivity index (χ4n) is 7.45. The lowest BCUT2D eigenvalue weighted by molar-refractivity contribution is 1.15. The summed E-state index contributed by atoms with van der Waals surface area (Å²) in [6.07, 6.45) is 0. The van der Waals surface area contributed by atoms with Gasteiger partial charge < -0.3 is 9.13 Å². The lowest BCUT2D eigenvalue weighted by Crippen LogP contribution is -2.59. The van der Waals surface area contributed by atoms with Gasteiger partial charge in [0.05, 0.1) is 16.6 Å². The van der Waals surface area contributed by atoms with Gasteiger partial charge >= 0.3 is 0 Å². The first-order valence-electron chi connectivity index (χ1n) is 13.2. The molecule has 0 saturated carbocycles. The van der Waals surface area contributed by atoms with Crippen molar-refractivity contribution < 1.29 is 0 Å². The summed E-state index contributed by atoms with van der Waals surface area (Å²) in [6, 6.07) is 30.5. The molecule has 2 aliphatic heterocycles. The van der Waals surface area contributed by atoms with Gasteiger partial charge in [-0.15, -0.1) is 0 Å². The minimum Gasteiger partial charge on any atom is -0.310 e. The highest BCUT2D eigenvalue weighted by atomic mass is 15.0. The molecule has 37 heavy (non-hydrogen) atoms. The molecule has 0 amide bonds. The van der Waals surface area contributed by atoms with E-state index < -0.39 is 0 Å². The lowest BCUT2D eigenvalue weighted by Gasteiger charge is -2.33. The van der Waals surface area contributed by atoms with Gasteiger partial charge in [-0.3, -0.25) is 0 Å². The van der Waals surface area contributed by atoms with Crippen molar-refractivity contribution in [2.75, 3.05) is 0 Å². The summed E-state index contributed by atoms with van der Waals surface area (Å²) in [4.78, 5) is 0. The summed E-state index contributed by atoms with van der Waals surface area (Å²) in [5, 5.41) is 5.43. The number of rotatable bonds is 0. The maximum atomic E-state index is 2.55. The minimum absolute atomic E-state index is 0.215. The molecule has 2 aromatic heterocycles. The zero-order chi connectivity index (χ0) is 24.7. The van der Waals surface area contributed by atoms with Crippen LogP contribution in [0.1, 0.15) is 22.3 Å². The number of aromatic nitrogens is 2. The van der Waals surface area contributed by atoms with Gasteiger partial charge in [0, 0.05) is 38.4 Å². The molecule has 0 saturated heterocycles. The molecule has 5 aromatic carbocycles. The normalized spacial score (nSPS) is 13.4. The monoisotopic (exact) mass is 472 g/mol. The molecule has 0 radical (unpaired) electrons. The highest BCUT2D eigenvalue weighted by molar-refractivity contribution is 7.00. The third-order valence-electron chi connectivity index (χ3n) is 8.87. The van der Waals surface area contributed by atoms with Crippen LogP contribution in [0.25, 0.3) is 55.0 Å². The largest absolute Gasteiger partial charge is 0.310 e. The topological polar surface area (TPSA) is 9.86 Å². The van der Waals surface area contributed by atoms with Crippen molar-refractivity contribution in [3.05, 3.63) is 101 Å². The summed E-state index contributed by atoms with van der Waals surface area (Å²) in [7, 11) is 0. The van der Waals surface area contributed by atoms with Crippen LogP contribution in [-0.2, 0) is 0 Å². The van der Waals surface area contributed by atoms with Crippen LogP contribution in [0.4, 0.5) is 0 Å². The average molecular weight is 472 g/mol. The molecule has 7 aromatic rings. The van der Waals surface area contributed by atoms with E-state index in [4.69, 9.17) is 0 Å². The van der Waals surface area contributed by atoms with Gasteiger partial charge in [0.15, 0.2) is 0 Å². The zero-order valence-electron chi connectivity index (χ0n) is 21.5. The molecule has 0 bridgehead atoms. The SMILES string of the molecule is Cc1ccc2c(c1)-n1c3ccc(C)cc3c3ccc4c(c31)B2c1cc(C)cc2c3cc(C)ccc3n-4c12. The second-order valence-corrected chi connectivity index (χ2v) is 11.4. The number of benzene rings is 5. The van der Waals surface area contributed by atoms with Crippen LogP contribution in [0.5, 0.6) is 0 Å². The van der Waals surface area contributed by atoms with Gasteiger partial charge in [-0.1, -0.05) is 53.1 Å². The van der Waals surface area contributed by atoms with Crippen molar-refractivity contribution in [1.29, 1.82) is 0 Å². The van der Waals surface area contributed by atoms with Crippen molar-refractivity contribution in [2.45, 2.75) is 27.7 Å². The Morgan fingerprint density at radius 1 is 0.459 bits per heavy atom. The molecular formula is C34H25BN2.